The summed E-state index contributed by atoms with van der Waals surface area (Å²) in [4.78, 5) is 0. The molecule has 0 saturated carbocycles. The standard InChI is InChI=1S/C18H13F5N2O4/c1-26-14-8-11(5-6-13(14)28-17(19)20)16-25-24-15(29-16)10-3-2-4-12(7-10)27-9-18(21,22)23/h2-8,17H,9H2,1H3. The van der Waals surface area contributed by atoms with Crippen LogP contribution in [0.2, 0.25) is 0 Å². The minimum Gasteiger partial charge on any atom is -0.493 e. The Morgan fingerprint density at radius 3 is 2.28 bits per heavy atom. The minimum absolute atomic E-state index is 0.0188. The fraction of sp³-hybridized carbons (Fsp3) is 0.222. The smallest absolute Gasteiger partial charge is 0.422 e. The Labute approximate surface area is 160 Å². The van der Waals surface area contributed by atoms with Gasteiger partial charge < -0.3 is 18.6 Å². The number of alkyl halides is 5. The molecular weight excluding hydrogens is 403 g/mol. The van der Waals surface area contributed by atoms with Crippen molar-refractivity contribution in [3.63, 3.8) is 0 Å². The summed E-state index contributed by atoms with van der Waals surface area (Å²) in [5.41, 5.74) is 0.708. The van der Waals surface area contributed by atoms with E-state index in [1.165, 1.54) is 43.5 Å². The van der Waals surface area contributed by atoms with E-state index >= 15 is 0 Å². The van der Waals surface area contributed by atoms with E-state index in [2.05, 4.69) is 14.9 Å². The van der Waals surface area contributed by atoms with Crippen molar-refractivity contribution in [2.45, 2.75) is 12.8 Å². The summed E-state index contributed by atoms with van der Waals surface area (Å²) in [6, 6.07) is 9.76. The number of aromatic nitrogens is 2. The number of methoxy groups -OCH3 is 1. The number of rotatable bonds is 7. The molecule has 1 heterocycles. The van der Waals surface area contributed by atoms with Gasteiger partial charge in [-0.05, 0) is 36.4 Å². The average molecular weight is 416 g/mol. The molecule has 0 saturated heterocycles. The Kier molecular flexibility index (Phi) is 5.85. The molecule has 0 radical (unpaired) electrons. The second-order valence-corrected chi connectivity index (χ2v) is 5.59. The third kappa shape index (κ3) is 5.33. The first-order chi connectivity index (χ1) is 13.7. The quantitative estimate of drug-likeness (QED) is 0.508. The first kappa shape index (κ1) is 20.4. The maximum Gasteiger partial charge on any atom is 0.422 e. The van der Waals surface area contributed by atoms with Gasteiger partial charge in [0, 0.05) is 11.1 Å². The molecule has 154 valence electrons. The van der Waals surface area contributed by atoms with E-state index in [4.69, 9.17) is 13.9 Å². The van der Waals surface area contributed by atoms with Crippen LogP contribution in [0.15, 0.2) is 46.9 Å². The zero-order chi connectivity index (χ0) is 21.0. The largest absolute Gasteiger partial charge is 0.493 e. The van der Waals surface area contributed by atoms with Gasteiger partial charge >= 0.3 is 12.8 Å². The molecule has 0 unspecified atom stereocenters. The van der Waals surface area contributed by atoms with E-state index in [9.17, 15) is 22.0 Å². The van der Waals surface area contributed by atoms with Crippen molar-refractivity contribution in [2.24, 2.45) is 0 Å². The van der Waals surface area contributed by atoms with Crippen LogP contribution in [0.25, 0.3) is 22.9 Å². The van der Waals surface area contributed by atoms with E-state index in [-0.39, 0.29) is 29.0 Å². The van der Waals surface area contributed by atoms with Crippen LogP contribution in [-0.2, 0) is 0 Å². The van der Waals surface area contributed by atoms with Gasteiger partial charge in [-0.25, -0.2) is 0 Å². The summed E-state index contributed by atoms with van der Waals surface area (Å²) >= 11 is 0. The van der Waals surface area contributed by atoms with Crippen molar-refractivity contribution >= 4 is 0 Å². The average Bonchev–Trinajstić information content (AvgIpc) is 3.16. The van der Waals surface area contributed by atoms with Crippen LogP contribution in [0.4, 0.5) is 22.0 Å². The van der Waals surface area contributed by atoms with Gasteiger partial charge in [0.2, 0.25) is 11.8 Å². The number of halogens is 5. The molecule has 0 N–H and O–H groups in total. The lowest BCUT2D eigenvalue weighted by molar-refractivity contribution is -0.153. The maximum atomic E-state index is 12.4. The highest BCUT2D eigenvalue weighted by Crippen LogP contribution is 2.34. The lowest BCUT2D eigenvalue weighted by Crippen LogP contribution is -2.19. The molecule has 0 spiro atoms. The summed E-state index contributed by atoms with van der Waals surface area (Å²) in [6.07, 6.45) is -4.47. The first-order valence-corrected chi connectivity index (χ1v) is 8.02. The number of hydrogen-bond acceptors (Lipinski definition) is 6. The van der Waals surface area contributed by atoms with Gasteiger partial charge in [-0.1, -0.05) is 6.07 Å². The van der Waals surface area contributed by atoms with Gasteiger partial charge in [0.1, 0.15) is 5.75 Å². The SMILES string of the molecule is COc1cc(-c2nnc(-c3cccc(OCC(F)(F)F)c3)o2)ccc1OC(F)F. The molecule has 3 aromatic rings. The van der Waals surface area contributed by atoms with Crippen LogP contribution in [0.3, 0.4) is 0 Å². The van der Waals surface area contributed by atoms with E-state index in [1.807, 2.05) is 0 Å². The van der Waals surface area contributed by atoms with Crippen LogP contribution in [-0.4, -0.2) is 36.7 Å². The highest BCUT2D eigenvalue weighted by atomic mass is 19.4. The summed E-state index contributed by atoms with van der Waals surface area (Å²) in [5.74, 6) is -0.0758. The molecule has 0 atom stereocenters. The molecule has 3 rings (SSSR count). The topological polar surface area (TPSA) is 66.6 Å². The molecule has 0 aliphatic heterocycles. The van der Waals surface area contributed by atoms with Crippen LogP contribution in [0.1, 0.15) is 0 Å². The molecule has 1 aromatic heterocycles. The molecule has 0 amide bonds. The van der Waals surface area contributed by atoms with E-state index in [0.717, 1.165) is 0 Å². The Bertz CT molecular complexity index is 975. The number of benzene rings is 2. The molecule has 11 heteroatoms. The zero-order valence-corrected chi connectivity index (χ0v) is 14.7. The molecule has 29 heavy (non-hydrogen) atoms. The number of ether oxygens (including phenoxy) is 3. The van der Waals surface area contributed by atoms with Gasteiger partial charge in [-0.3, -0.25) is 0 Å². The van der Waals surface area contributed by atoms with Gasteiger partial charge in [-0.15, -0.1) is 10.2 Å². The van der Waals surface area contributed by atoms with E-state index in [0.29, 0.717) is 11.1 Å². The molecule has 6 nitrogen and oxygen atoms in total. The monoisotopic (exact) mass is 416 g/mol. The molecule has 0 fully saturated rings. The summed E-state index contributed by atoms with van der Waals surface area (Å²) in [7, 11) is 1.28. The second-order valence-electron chi connectivity index (χ2n) is 5.59. The third-order valence-electron chi connectivity index (χ3n) is 3.54. The third-order valence-corrected chi connectivity index (χ3v) is 3.54. The molecular formula is C18H13F5N2O4. The maximum absolute atomic E-state index is 12.4. The number of nitrogens with zero attached hydrogens (tertiary/aromatic N) is 2. The summed E-state index contributed by atoms with van der Waals surface area (Å²) in [6.45, 7) is -4.45. The predicted octanol–water partition coefficient (Wildman–Crippen LogP) is 4.95. The summed E-state index contributed by atoms with van der Waals surface area (Å²) in [5, 5.41) is 7.71. The minimum atomic E-state index is -4.47. The van der Waals surface area contributed by atoms with E-state index in [1.54, 1.807) is 6.07 Å². The molecule has 0 bridgehead atoms. The fourth-order valence-electron chi connectivity index (χ4n) is 2.33. The van der Waals surface area contributed by atoms with Crippen molar-refractivity contribution in [3.8, 4) is 40.2 Å². The summed E-state index contributed by atoms with van der Waals surface area (Å²) < 4.78 is 81.3. The second kappa shape index (κ2) is 8.33. The van der Waals surface area contributed by atoms with Gasteiger partial charge in [0.25, 0.3) is 0 Å². The first-order valence-electron chi connectivity index (χ1n) is 8.02. The highest BCUT2D eigenvalue weighted by Gasteiger charge is 2.28. The molecule has 0 aliphatic carbocycles. The van der Waals surface area contributed by atoms with E-state index < -0.39 is 19.4 Å². The Balaban J connectivity index is 1.82. The Morgan fingerprint density at radius 2 is 1.66 bits per heavy atom. The fourth-order valence-corrected chi connectivity index (χ4v) is 2.33. The zero-order valence-electron chi connectivity index (χ0n) is 14.7. The van der Waals surface area contributed by atoms with Crippen LogP contribution in [0, 0.1) is 0 Å². The molecule has 0 aliphatic rings. The van der Waals surface area contributed by atoms with Crippen molar-refractivity contribution in [1.29, 1.82) is 0 Å². The highest BCUT2D eigenvalue weighted by molar-refractivity contribution is 5.62. The van der Waals surface area contributed by atoms with Crippen molar-refractivity contribution < 1.29 is 40.6 Å². The normalized spacial score (nSPS) is 11.6. The number of hydrogen-bond donors (Lipinski definition) is 0. The van der Waals surface area contributed by atoms with Gasteiger partial charge in [0.15, 0.2) is 18.1 Å². The van der Waals surface area contributed by atoms with Gasteiger partial charge in [-0.2, -0.15) is 22.0 Å². The van der Waals surface area contributed by atoms with Crippen molar-refractivity contribution in [3.05, 3.63) is 42.5 Å². The predicted molar refractivity (Wildman–Crippen MR) is 89.9 cm³/mol. The Hall–Kier alpha value is -3.37. The van der Waals surface area contributed by atoms with Crippen LogP contribution >= 0.6 is 0 Å². The van der Waals surface area contributed by atoms with Gasteiger partial charge in [0.05, 0.1) is 7.11 Å². The van der Waals surface area contributed by atoms with Crippen LogP contribution < -0.4 is 14.2 Å². The van der Waals surface area contributed by atoms with Crippen molar-refractivity contribution in [2.75, 3.05) is 13.7 Å². The van der Waals surface area contributed by atoms with Crippen molar-refractivity contribution in [1.82, 2.24) is 10.2 Å². The lowest BCUT2D eigenvalue weighted by atomic mass is 10.2. The lowest BCUT2D eigenvalue weighted by Gasteiger charge is -2.10. The molecule has 2 aromatic carbocycles. The Morgan fingerprint density at radius 1 is 0.966 bits per heavy atom. The van der Waals surface area contributed by atoms with Crippen LogP contribution in [0.5, 0.6) is 17.2 Å².